The van der Waals surface area contributed by atoms with Crippen molar-refractivity contribution < 1.29 is 4.74 Å². The first-order valence-electron chi connectivity index (χ1n) is 6.38. The van der Waals surface area contributed by atoms with Crippen molar-refractivity contribution in [1.82, 2.24) is 15.0 Å². The van der Waals surface area contributed by atoms with Gasteiger partial charge in [0.05, 0.1) is 23.1 Å². The van der Waals surface area contributed by atoms with Gasteiger partial charge in [0.1, 0.15) is 11.6 Å². The van der Waals surface area contributed by atoms with E-state index in [0.717, 1.165) is 11.1 Å². The zero-order valence-electron chi connectivity index (χ0n) is 11.4. The fourth-order valence-electron chi connectivity index (χ4n) is 1.87. The summed E-state index contributed by atoms with van der Waals surface area (Å²) in [6, 6.07) is 9.28. The van der Waals surface area contributed by atoms with Gasteiger partial charge in [0, 0.05) is 11.8 Å². The van der Waals surface area contributed by atoms with E-state index in [0.29, 0.717) is 22.3 Å². The number of aromatic nitrogens is 3. The Morgan fingerprint density at radius 1 is 0.909 bits per heavy atom. The van der Waals surface area contributed by atoms with Crippen LogP contribution in [0.2, 0.25) is 5.02 Å². The lowest BCUT2D eigenvalue weighted by Gasteiger charge is -2.07. The lowest BCUT2D eigenvalue weighted by Crippen LogP contribution is -1.95. The molecule has 7 heteroatoms. The molecule has 1 aromatic carbocycles. The van der Waals surface area contributed by atoms with E-state index in [2.05, 4.69) is 15.0 Å². The number of hydrogen-bond acceptors (Lipinski definition) is 6. The monoisotopic (exact) mass is 313 g/mol. The molecule has 0 unspecified atom stereocenters. The number of hydrogen-bond donors (Lipinski definition) is 2. The van der Waals surface area contributed by atoms with Crippen LogP contribution in [0.5, 0.6) is 11.8 Å². The molecule has 0 aliphatic carbocycles. The van der Waals surface area contributed by atoms with Crippen molar-refractivity contribution in [2.24, 2.45) is 0 Å². The van der Waals surface area contributed by atoms with E-state index in [9.17, 15) is 0 Å². The second-order valence-corrected chi connectivity index (χ2v) is 4.95. The van der Waals surface area contributed by atoms with Gasteiger partial charge in [-0.2, -0.15) is 0 Å². The first-order chi connectivity index (χ1) is 10.6. The normalized spacial score (nSPS) is 10.4. The molecule has 3 aromatic rings. The molecule has 0 atom stereocenters. The number of rotatable bonds is 3. The molecule has 110 valence electrons. The summed E-state index contributed by atoms with van der Waals surface area (Å²) in [4.78, 5) is 12.0. The average Bonchev–Trinajstić information content (AvgIpc) is 2.53. The molecule has 0 aliphatic rings. The minimum Gasteiger partial charge on any atom is -0.424 e. The van der Waals surface area contributed by atoms with E-state index in [1.165, 1.54) is 18.6 Å². The quantitative estimate of drug-likeness (QED) is 0.770. The Kier molecular flexibility index (Phi) is 3.76. The maximum absolute atomic E-state index is 5.95. The highest BCUT2D eigenvalue weighted by molar-refractivity contribution is 6.30. The smallest absolute Gasteiger partial charge is 0.322 e. The van der Waals surface area contributed by atoms with Crippen LogP contribution in [-0.4, -0.2) is 15.0 Å². The number of nitrogens with two attached hydrogens (primary N) is 2. The summed E-state index contributed by atoms with van der Waals surface area (Å²) < 4.78 is 5.53. The molecule has 2 aromatic heterocycles. The van der Waals surface area contributed by atoms with Gasteiger partial charge < -0.3 is 16.2 Å². The maximum atomic E-state index is 5.95. The van der Waals surface area contributed by atoms with Crippen LogP contribution in [-0.2, 0) is 0 Å². The fourth-order valence-corrected chi connectivity index (χ4v) is 2.03. The van der Waals surface area contributed by atoms with Crippen LogP contribution in [0.3, 0.4) is 0 Å². The van der Waals surface area contributed by atoms with E-state index in [1.807, 2.05) is 12.1 Å². The van der Waals surface area contributed by atoms with Gasteiger partial charge in [0.25, 0.3) is 0 Å². The minimum absolute atomic E-state index is 0.228. The zero-order chi connectivity index (χ0) is 15.5. The third-order valence-corrected chi connectivity index (χ3v) is 3.11. The first kappa shape index (κ1) is 14.1. The molecule has 0 saturated heterocycles. The number of pyridine rings is 1. The van der Waals surface area contributed by atoms with Gasteiger partial charge in [-0.05, 0) is 23.8 Å². The summed E-state index contributed by atoms with van der Waals surface area (Å²) in [5.41, 5.74) is 13.5. The van der Waals surface area contributed by atoms with Crippen molar-refractivity contribution in [3.8, 4) is 22.9 Å². The lowest BCUT2D eigenvalue weighted by atomic mass is 10.1. The van der Waals surface area contributed by atoms with E-state index in [-0.39, 0.29) is 6.01 Å². The molecule has 0 radical (unpaired) electrons. The standard InChI is InChI=1S/C15H12ClN5O/c16-10-5-13(14(18)19-6-10)9-1-3-12(4-2-9)22-15-20-7-11(17)8-21-15/h1-8H,17H2,(H2,18,19). The van der Waals surface area contributed by atoms with Crippen LogP contribution < -0.4 is 16.2 Å². The van der Waals surface area contributed by atoms with Gasteiger partial charge in [-0.25, -0.2) is 15.0 Å². The number of anilines is 2. The Labute approximate surface area is 131 Å². The predicted octanol–water partition coefficient (Wildman–Crippen LogP) is 3.15. The van der Waals surface area contributed by atoms with E-state index < -0.39 is 0 Å². The van der Waals surface area contributed by atoms with Crippen LogP contribution in [0.15, 0.2) is 48.9 Å². The van der Waals surface area contributed by atoms with Crippen LogP contribution in [0, 0.1) is 0 Å². The van der Waals surface area contributed by atoms with Crippen LogP contribution in [0.1, 0.15) is 0 Å². The van der Waals surface area contributed by atoms with Gasteiger partial charge >= 0.3 is 6.01 Å². The second kappa shape index (κ2) is 5.87. The Morgan fingerprint density at radius 3 is 2.27 bits per heavy atom. The van der Waals surface area contributed by atoms with Crippen molar-refractivity contribution in [3.63, 3.8) is 0 Å². The first-order valence-corrected chi connectivity index (χ1v) is 6.76. The summed E-state index contributed by atoms with van der Waals surface area (Å²) in [5, 5.41) is 0.528. The average molecular weight is 314 g/mol. The van der Waals surface area contributed by atoms with Crippen molar-refractivity contribution in [2.75, 3.05) is 11.5 Å². The summed E-state index contributed by atoms with van der Waals surface area (Å²) in [5.74, 6) is 1.02. The molecule has 0 amide bonds. The third kappa shape index (κ3) is 3.07. The van der Waals surface area contributed by atoms with Gasteiger partial charge in [-0.3, -0.25) is 0 Å². The van der Waals surface area contributed by atoms with Crippen LogP contribution in [0.4, 0.5) is 11.5 Å². The number of halogens is 1. The molecule has 22 heavy (non-hydrogen) atoms. The summed E-state index contributed by atoms with van der Waals surface area (Å²) in [6.45, 7) is 0. The van der Waals surface area contributed by atoms with Gasteiger partial charge in [-0.15, -0.1) is 0 Å². The molecule has 0 saturated carbocycles. The van der Waals surface area contributed by atoms with Gasteiger partial charge in [0.2, 0.25) is 0 Å². The van der Waals surface area contributed by atoms with Crippen LogP contribution in [0.25, 0.3) is 11.1 Å². The summed E-state index contributed by atoms with van der Waals surface area (Å²) in [6.07, 6.45) is 4.47. The largest absolute Gasteiger partial charge is 0.424 e. The highest BCUT2D eigenvalue weighted by Crippen LogP contribution is 2.29. The minimum atomic E-state index is 0.228. The van der Waals surface area contributed by atoms with Crippen molar-refractivity contribution in [1.29, 1.82) is 0 Å². The SMILES string of the molecule is Nc1cnc(Oc2ccc(-c3cc(Cl)cnc3N)cc2)nc1. The van der Waals surface area contributed by atoms with Crippen LogP contribution >= 0.6 is 11.6 Å². The maximum Gasteiger partial charge on any atom is 0.322 e. The molecular formula is C15H12ClN5O. The molecule has 0 spiro atoms. The number of nitrogen functional groups attached to an aromatic ring is 2. The zero-order valence-corrected chi connectivity index (χ0v) is 12.2. The van der Waals surface area contributed by atoms with Crippen molar-refractivity contribution >= 4 is 23.1 Å². The molecule has 4 N–H and O–H groups in total. The molecule has 0 aliphatic heterocycles. The highest BCUT2D eigenvalue weighted by Gasteiger charge is 2.06. The molecule has 2 heterocycles. The molecule has 0 fully saturated rings. The van der Waals surface area contributed by atoms with Crippen molar-refractivity contribution in [3.05, 3.63) is 53.9 Å². The molecular weight excluding hydrogens is 302 g/mol. The fraction of sp³-hybridized carbons (Fsp3) is 0. The summed E-state index contributed by atoms with van der Waals surface area (Å²) in [7, 11) is 0. The van der Waals surface area contributed by atoms with Crippen molar-refractivity contribution in [2.45, 2.75) is 0 Å². The Bertz CT molecular complexity index is 790. The number of benzene rings is 1. The molecule has 0 bridgehead atoms. The molecule has 3 rings (SSSR count). The second-order valence-electron chi connectivity index (χ2n) is 4.51. The van der Waals surface area contributed by atoms with E-state index >= 15 is 0 Å². The lowest BCUT2D eigenvalue weighted by molar-refractivity contribution is 0.442. The van der Waals surface area contributed by atoms with E-state index in [1.54, 1.807) is 18.2 Å². The third-order valence-electron chi connectivity index (χ3n) is 2.91. The highest BCUT2D eigenvalue weighted by atomic mass is 35.5. The number of nitrogens with zero attached hydrogens (tertiary/aromatic N) is 3. The van der Waals surface area contributed by atoms with E-state index in [4.69, 9.17) is 27.8 Å². The summed E-state index contributed by atoms with van der Waals surface area (Å²) >= 11 is 5.95. The predicted molar refractivity (Wildman–Crippen MR) is 85.6 cm³/mol. The number of ether oxygens (including phenoxy) is 1. The Hall–Kier alpha value is -2.86. The topological polar surface area (TPSA) is 99.9 Å². The molecule has 6 nitrogen and oxygen atoms in total. The Morgan fingerprint density at radius 2 is 1.59 bits per heavy atom. The van der Waals surface area contributed by atoms with Gasteiger partial charge in [-0.1, -0.05) is 23.7 Å². The Balaban J connectivity index is 1.83. The van der Waals surface area contributed by atoms with Gasteiger partial charge in [0.15, 0.2) is 0 Å².